The molecule has 0 saturated carbocycles. The average Bonchev–Trinajstić information content (AvgIpc) is 2.75. The molecule has 0 spiro atoms. The molecule has 15 heavy (non-hydrogen) atoms. The summed E-state index contributed by atoms with van der Waals surface area (Å²) in [4.78, 5) is 12.0. The lowest BCUT2D eigenvalue weighted by atomic mass is 10.1. The summed E-state index contributed by atoms with van der Waals surface area (Å²) in [7, 11) is 1.69. The van der Waals surface area contributed by atoms with Crippen molar-refractivity contribution in [3.63, 3.8) is 0 Å². The van der Waals surface area contributed by atoms with E-state index in [1.54, 1.807) is 22.7 Å². The van der Waals surface area contributed by atoms with Crippen LogP contribution in [0, 0.1) is 0 Å². The third-order valence-electron chi connectivity index (χ3n) is 2.49. The van der Waals surface area contributed by atoms with Crippen molar-refractivity contribution >= 4 is 29.2 Å². The van der Waals surface area contributed by atoms with E-state index in [2.05, 4.69) is 4.72 Å². The zero-order valence-corrected chi connectivity index (χ0v) is 9.88. The number of rotatable bonds is 2. The lowest BCUT2D eigenvalue weighted by molar-refractivity contribution is -0.111. The molecule has 1 fully saturated rings. The van der Waals surface area contributed by atoms with Crippen molar-refractivity contribution in [3.8, 4) is 0 Å². The molecule has 0 amide bonds. The number of nitrogens with zero attached hydrogens (tertiary/aromatic N) is 1. The third kappa shape index (κ3) is 2.24. The van der Waals surface area contributed by atoms with Crippen LogP contribution in [0.15, 0.2) is 17.5 Å². The van der Waals surface area contributed by atoms with Crippen molar-refractivity contribution in [2.75, 3.05) is 7.05 Å². The predicted octanol–water partition coefficient (Wildman–Crippen LogP) is 0.861. The van der Waals surface area contributed by atoms with E-state index >= 15 is 0 Å². The fourth-order valence-corrected chi connectivity index (χ4v) is 3.45. The summed E-state index contributed by atoms with van der Waals surface area (Å²) in [5, 5.41) is 1.98. The molecule has 3 atom stereocenters. The van der Waals surface area contributed by atoms with Gasteiger partial charge in [-0.2, -0.15) is 0 Å². The van der Waals surface area contributed by atoms with E-state index in [4.69, 9.17) is 0 Å². The highest BCUT2D eigenvalue weighted by atomic mass is 32.2. The summed E-state index contributed by atoms with van der Waals surface area (Å²) >= 11 is 0.343. The summed E-state index contributed by atoms with van der Waals surface area (Å²) < 4.78 is 16.2. The van der Waals surface area contributed by atoms with E-state index in [0.717, 1.165) is 11.2 Å². The van der Waals surface area contributed by atoms with E-state index in [0.29, 0.717) is 6.42 Å². The number of carbonyl (C=O) groups excluding carboxylic acids is 1. The predicted molar refractivity (Wildman–Crippen MR) is 60.6 cm³/mol. The van der Waals surface area contributed by atoms with Crippen LogP contribution in [0.1, 0.15) is 17.3 Å². The van der Waals surface area contributed by atoms with Gasteiger partial charge >= 0.3 is 0 Å². The molecule has 2 rings (SSSR count). The van der Waals surface area contributed by atoms with E-state index < -0.39 is 11.5 Å². The second kappa shape index (κ2) is 4.63. The smallest absolute Gasteiger partial charge is 0.141 e. The largest absolute Gasteiger partial charge is 0.579 e. The normalized spacial score (nSPS) is 32.8. The molecule has 0 aliphatic carbocycles. The minimum absolute atomic E-state index is 0.0252. The molecule has 82 valence electrons. The second-order valence-electron chi connectivity index (χ2n) is 3.42. The lowest BCUT2D eigenvalue weighted by Gasteiger charge is -2.33. The van der Waals surface area contributed by atoms with Crippen molar-refractivity contribution in [1.29, 1.82) is 0 Å². The van der Waals surface area contributed by atoms with Gasteiger partial charge in [0.2, 0.25) is 0 Å². The van der Waals surface area contributed by atoms with Crippen LogP contribution in [0.2, 0.25) is 0 Å². The number of thiophene rings is 1. The van der Waals surface area contributed by atoms with Gasteiger partial charge in [-0.15, -0.1) is 20.4 Å². The van der Waals surface area contributed by atoms with Gasteiger partial charge in [-0.25, -0.2) is 0 Å². The average molecular weight is 244 g/mol. The first-order valence-corrected chi connectivity index (χ1v) is 6.60. The van der Waals surface area contributed by atoms with Crippen LogP contribution in [0.25, 0.3) is 0 Å². The Labute approximate surface area is 95.7 Å². The van der Waals surface area contributed by atoms with E-state index in [9.17, 15) is 9.35 Å². The molecule has 1 aromatic heterocycles. The molecule has 0 bridgehead atoms. The van der Waals surface area contributed by atoms with Crippen LogP contribution in [0.4, 0.5) is 0 Å². The maximum absolute atomic E-state index is 11.6. The Bertz CT molecular complexity index is 331. The van der Waals surface area contributed by atoms with Crippen LogP contribution < -0.4 is 4.72 Å². The highest BCUT2D eigenvalue weighted by molar-refractivity contribution is 7.87. The molecule has 1 N–H and O–H groups in total. The molecule has 1 saturated heterocycles. The number of likely N-dealkylation sites (N-methyl/N-ethyl adjacent to an activating group) is 1. The van der Waals surface area contributed by atoms with Crippen LogP contribution in [0.3, 0.4) is 0 Å². The zero-order valence-electron chi connectivity index (χ0n) is 8.25. The first kappa shape index (κ1) is 11.1. The molecular weight excluding hydrogens is 232 g/mol. The van der Waals surface area contributed by atoms with Gasteiger partial charge < -0.3 is 9.35 Å². The second-order valence-corrected chi connectivity index (χ2v) is 5.71. The molecule has 3 unspecified atom stereocenters. The minimum Gasteiger partial charge on any atom is -0.579 e. The number of nitrogens with one attached hydrogen (secondary N) is 1. The highest BCUT2D eigenvalue weighted by Crippen LogP contribution is 2.29. The van der Waals surface area contributed by atoms with Crippen LogP contribution in [-0.2, 0) is 16.3 Å². The van der Waals surface area contributed by atoms with Gasteiger partial charge in [0.15, 0.2) is 0 Å². The SMILES string of the molecule is CN1C(C=O)CC(c2cccs2)N[S+]1[O-]. The number of aldehydes is 1. The topological polar surface area (TPSA) is 55.4 Å². The van der Waals surface area contributed by atoms with E-state index in [1.807, 2.05) is 17.5 Å². The quantitative estimate of drug-likeness (QED) is 0.619. The molecule has 0 aromatic carbocycles. The molecule has 4 nitrogen and oxygen atoms in total. The lowest BCUT2D eigenvalue weighted by Crippen LogP contribution is -2.52. The molecule has 2 heterocycles. The number of hydrogen-bond acceptors (Lipinski definition) is 5. The standard InChI is InChI=1S/C9H12N2O2S2/c1-11-7(6-12)5-8(10-15(11)13)9-3-2-4-14-9/h2-4,6-8,10H,5H2,1H3. The first-order valence-electron chi connectivity index (χ1n) is 4.62. The van der Waals surface area contributed by atoms with Crippen molar-refractivity contribution in [2.45, 2.75) is 18.5 Å². The summed E-state index contributed by atoms with van der Waals surface area (Å²) in [5.41, 5.74) is 0. The van der Waals surface area contributed by atoms with Gasteiger partial charge in [0.1, 0.15) is 23.9 Å². The molecule has 6 heteroatoms. The Hall–Kier alpha value is -0.400. The molecule has 1 aliphatic heterocycles. The Morgan fingerprint density at radius 3 is 3.20 bits per heavy atom. The summed E-state index contributed by atoms with van der Waals surface area (Å²) in [5.74, 6) is 0. The monoisotopic (exact) mass is 244 g/mol. The highest BCUT2D eigenvalue weighted by Gasteiger charge is 2.36. The van der Waals surface area contributed by atoms with Crippen molar-refractivity contribution in [2.24, 2.45) is 0 Å². The first-order chi connectivity index (χ1) is 7.22. The van der Waals surface area contributed by atoms with E-state index in [1.165, 1.54) is 0 Å². The Morgan fingerprint density at radius 2 is 2.60 bits per heavy atom. The van der Waals surface area contributed by atoms with E-state index in [-0.39, 0.29) is 12.1 Å². The van der Waals surface area contributed by atoms with Crippen LogP contribution >= 0.6 is 11.3 Å². The Morgan fingerprint density at radius 1 is 1.80 bits per heavy atom. The minimum atomic E-state index is -1.27. The zero-order chi connectivity index (χ0) is 10.8. The fourth-order valence-electron chi connectivity index (χ4n) is 1.57. The third-order valence-corrected chi connectivity index (χ3v) is 4.76. The number of carbonyl (C=O) groups is 1. The van der Waals surface area contributed by atoms with Crippen molar-refractivity contribution < 1.29 is 9.35 Å². The summed E-state index contributed by atoms with van der Waals surface area (Å²) in [6.45, 7) is 0. The van der Waals surface area contributed by atoms with Gasteiger partial charge in [0.25, 0.3) is 0 Å². The van der Waals surface area contributed by atoms with Crippen LogP contribution in [-0.4, -0.2) is 28.2 Å². The van der Waals surface area contributed by atoms with Gasteiger partial charge in [-0.05, 0) is 17.9 Å². The van der Waals surface area contributed by atoms with Gasteiger partial charge in [0.05, 0.1) is 6.04 Å². The van der Waals surface area contributed by atoms with Crippen LogP contribution in [0.5, 0.6) is 0 Å². The van der Waals surface area contributed by atoms with Gasteiger partial charge in [0, 0.05) is 11.9 Å². The van der Waals surface area contributed by atoms with Gasteiger partial charge in [-0.3, -0.25) is 0 Å². The molecule has 0 radical (unpaired) electrons. The molecule has 1 aliphatic rings. The van der Waals surface area contributed by atoms with Crippen molar-refractivity contribution in [1.82, 2.24) is 9.03 Å². The maximum atomic E-state index is 11.6. The fraction of sp³-hybridized carbons (Fsp3) is 0.444. The number of hydrogen-bond donors (Lipinski definition) is 1. The molecule has 1 aromatic rings. The van der Waals surface area contributed by atoms with Crippen molar-refractivity contribution in [3.05, 3.63) is 22.4 Å². The summed E-state index contributed by atoms with van der Waals surface area (Å²) in [6.07, 6.45) is 1.53. The molecular formula is C9H12N2O2S2. The summed E-state index contributed by atoms with van der Waals surface area (Å²) in [6, 6.07) is 3.71. The Balaban J connectivity index is 2.13. The van der Waals surface area contributed by atoms with Gasteiger partial charge in [-0.1, -0.05) is 6.07 Å². The maximum Gasteiger partial charge on any atom is 0.141 e. The Kier molecular flexibility index (Phi) is 3.42.